The van der Waals surface area contributed by atoms with Crippen molar-refractivity contribution in [3.8, 4) is 0 Å². The minimum Gasteiger partial charge on any atom is -0.371 e. The normalized spacial score (nSPS) is 21.1. The Labute approximate surface area is 113 Å². The summed E-state index contributed by atoms with van der Waals surface area (Å²) in [6, 6.07) is 18.1. The minimum absolute atomic E-state index is 0.594. The van der Waals surface area contributed by atoms with Gasteiger partial charge in [-0.15, -0.1) is 0 Å². The first-order valence-electron chi connectivity index (χ1n) is 6.55. The lowest BCUT2D eigenvalue weighted by Crippen LogP contribution is -2.42. The van der Waals surface area contributed by atoms with Crippen LogP contribution in [0.15, 0.2) is 60.7 Å². The molecule has 0 amide bonds. The Balaban J connectivity index is 1.82. The summed E-state index contributed by atoms with van der Waals surface area (Å²) in [5.41, 5.74) is 2.23. The van der Waals surface area contributed by atoms with E-state index in [1.54, 1.807) is 0 Å². The molecular weight excluding hydrogens is 234 g/mol. The van der Waals surface area contributed by atoms with Crippen LogP contribution in [0.1, 0.15) is 23.1 Å². The number of benzene rings is 2. The first kappa shape index (κ1) is 12.2. The van der Waals surface area contributed by atoms with E-state index in [0.717, 1.165) is 11.1 Å². The van der Waals surface area contributed by atoms with Crippen LogP contribution >= 0.6 is 0 Å². The predicted molar refractivity (Wildman–Crippen MR) is 77.3 cm³/mol. The Hall–Kier alpha value is -1.90. The third-order valence-electron chi connectivity index (χ3n) is 3.54. The monoisotopic (exact) mass is 251 g/mol. The molecule has 2 heteroatoms. The molecule has 0 aliphatic heterocycles. The lowest BCUT2D eigenvalue weighted by Gasteiger charge is -2.32. The summed E-state index contributed by atoms with van der Waals surface area (Å²) in [6.07, 6.45) is 4.67. The van der Waals surface area contributed by atoms with E-state index in [2.05, 4.69) is 23.5 Å². The summed E-state index contributed by atoms with van der Waals surface area (Å²) in [4.78, 5) is 0. The number of hydrogen-bond acceptors (Lipinski definition) is 2. The van der Waals surface area contributed by atoms with E-state index in [0.29, 0.717) is 13.0 Å². The molecule has 0 bridgehead atoms. The molecule has 1 aliphatic carbocycles. The summed E-state index contributed by atoms with van der Waals surface area (Å²) in [5, 5.41) is 14.1. The molecule has 1 unspecified atom stereocenters. The minimum atomic E-state index is -0.971. The van der Waals surface area contributed by atoms with E-state index in [9.17, 15) is 5.11 Å². The number of hydrogen-bond donors (Lipinski definition) is 2. The fourth-order valence-electron chi connectivity index (χ4n) is 2.50. The van der Waals surface area contributed by atoms with Gasteiger partial charge in [0.2, 0.25) is 0 Å². The Kier molecular flexibility index (Phi) is 3.20. The summed E-state index contributed by atoms with van der Waals surface area (Å²) in [6.45, 7) is 0.652. The molecule has 2 aromatic rings. The van der Waals surface area contributed by atoms with E-state index < -0.39 is 5.72 Å². The van der Waals surface area contributed by atoms with Crippen molar-refractivity contribution in [2.75, 3.05) is 0 Å². The van der Waals surface area contributed by atoms with Gasteiger partial charge in [-0.25, -0.2) is 0 Å². The molecule has 2 nitrogen and oxygen atoms in total. The second-order valence-corrected chi connectivity index (χ2v) is 4.89. The molecule has 3 rings (SSSR count). The van der Waals surface area contributed by atoms with Crippen LogP contribution in [-0.2, 0) is 12.3 Å². The number of rotatable bonds is 3. The summed E-state index contributed by atoms with van der Waals surface area (Å²) >= 11 is 0. The first-order valence-corrected chi connectivity index (χ1v) is 6.55. The summed E-state index contributed by atoms with van der Waals surface area (Å²) in [7, 11) is 0. The first-order chi connectivity index (χ1) is 9.28. The molecule has 0 saturated heterocycles. The molecule has 1 aliphatic rings. The van der Waals surface area contributed by atoms with Crippen molar-refractivity contribution in [2.45, 2.75) is 18.7 Å². The van der Waals surface area contributed by atoms with Crippen molar-refractivity contribution in [2.24, 2.45) is 0 Å². The zero-order valence-electron chi connectivity index (χ0n) is 10.7. The molecule has 0 fully saturated rings. The highest BCUT2D eigenvalue weighted by atomic mass is 16.3. The van der Waals surface area contributed by atoms with Gasteiger partial charge in [0.25, 0.3) is 0 Å². The van der Waals surface area contributed by atoms with E-state index >= 15 is 0 Å². The second kappa shape index (κ2) is 5.00. The highest BCUT2D eigenvalue weighted by Crippen LogP contribution is 2.31. The molecule has 1 atom stereocenters. The van der Waals surface area contributed by atoms with E-state index in [1.807, 2.05) is 48.5 Å². The fourth-order valence-corrected chi connectivity index (χ4v) is 2.50. The van der Waals surface area contributed by atoms with Gasteiger partial charge in [0.15, 0.2) is 0 Å². The molecule has 96 valence electrons. The quantitative estimate of drug-likeness (QED) is 0.822. The van der Waals surface area contributed by atoms with Gasteiger partial charge in [0.1, 0.15) is 5.72 Å². The third-order valence-corrected chi connectivity index (χ3v) is 3.54. The van der Waals surface area contributed by atoms with Crippen LogP contribution in [0, 0.1) is 0 Å². The maximum Gasteiger partial charge on any atom is 0.146 e. The van der Waals surface area contributed by atoms with Crippen molar-refractivity contribution in [1.82, 2.24) is 5.32 Å². The van der Waals surface area contributed by atoms with Crippen molar-refractivity contribution in [3.63, 3.8) is 0 Å². The van der Waals surface area contributed by atoms with Crippen LogP contribution in [0.25, 0.3) is 6.08 Å². The van der Waals surface area contributed by atoms with E-state index in [1.165, 1.54) is 5.56 Å². The van der Waals surface area contributed by atoms with Crippen molar-refractivity contribution < 1.29 is 5.11 Å². The van der Waals surface area contributed by atoms with Gasteiger partial charge in [-0.2, -0.15) is 0 Å². The Morgan fingerprint density at radius 1 is 1.00 bits per heavy atom. The molecule has 2 N–H and O–H groups in total. The lowest BCUT2D eigenvalue weighted by molar-refractivity contribution is -0.000125. The SMILES string of the molecule is OC1(NCc2ccccc2)CC=Cc2ccccc21. The maximum atomic E-state index is 10.8. The van der Waals surface area contributed by atoms with Crippen LogP contribution in [-0.4, -0.2) is 5.11 Å². The lowest BCUT2D eigenvalue weighted by atomic mass is 9.89. The van der Waals surface area contributed by atoms with Gasteiger partial charge in [0, 0.05) is 18.5 Å². The zero-order valence-corrected chi connectivity index (χ0v) is 10.7. The van der Waals surface area contributed by atoms with Crippen molar-refractivity contribution >= 4 is 6.08 Å². The fraction of sp³-hybridized carbons (Fsp3) is 0.176. The van der Waals surface area contributed by atoms with Crippen LogP contribution in [0.5, 0.6) is 0 Å². The topological polar surface area (TPSA) is 32.3 Å². The van der Waals surface area contributed by atoms with E-state index in [-0.39, 0.29) is 0 Å². The second-order valence-electron chi connectivity index (χ2n) is 4.89. The highest BCUT2D eigenvalue weighted by molar-refractivity contribution is 5.58. The van der Waals surface area contributed by atoms with Crippen LogP contribution in [0.4, 0.5) is 0 Å². The highest BCUT2D eigenvalue weighted by Gasteiger charge is 2.31. The summed E-state index contributed by atoms with van der Waals surface area (Å²) < 4.78 is 0. The molecule has 0 radical (unpaired) electrons. The molecule has 2 aromatic carbocycles. The average Bonchev–Trinajstić information content (AvgIpc) is 2.47. The van der Waals surface area contributed by atoms with Crippen molar-refractivity contribution in [3.05, 3.63) is 77.4 Å². The zero-order chi connectivity index (χ0) is 13.1. The van der Waals surface area contributed by atoms with Crippen LogP contribution < -0.4 is 5.32 Å². The van der Waals surface area contributed by atoms with Crippen molar-refractivity contribution in [1.29, 1.82) is 0 Å². The number of fused-ring (bicyclic) bond motifs is 1. The summed E-state index contributed by atoms with van der Waals surface area (Å²) in [5.74, 6) is 0. The number of nitrogens with one attached hydrogen (secondary N) is 1. The maximum absolute atomic E-state index is 10.8. The molecule has 19 heavy (non-hydrogen) atoms. The smallest absolute Gasteiger partial charge is 0.146 e. The van der Waals surface area contributed by atoms with Gasteiger partial charge in [0.05, 0.1) is 0 Å². The standard InChI is InChI=1S/C17H17NO/c19-17(18-13-14-7-2-1-3-8-14)12-6-10-15-9-4-5-11-16(15)17/h1-11,18-19H,12-13H2. The Bertz CT molecular complexity index is 591. The molecule has 0 heterocycles. The predicted octanol–water partition coefficient (Wildman–Crippen LogP) is 3.04. The molecule has 0 saturated carbocycles. The Morgan fingerprint density at radius 2 is 1.74 bits per heavy atom. The van der Waals surface area contributed by atoms with Crippen LogP contribution in [0.3, 0.4) is 0 Å². The Morgan fingerprint density at radius 3 is 2.58 bits per heavy atom. The van der Waals surface area contributed by atoms with Gasteiger partial charge in [-0.1, -0.05) is 66.7 Å². The molecular formula is C17H17NO. The average molecular weight is 251 g/mol. The van der Waals surface area contributed by atoms with Gasteiger partial charge in [-0.05, 0) is 11.1 Å². The molecule has 0 spiro atoms. The van der Waals surface area contributed by atoms with Crippen LogP contribution in [0.2, 0.25) is 0 Å². The van der Waals surface area contributed by atoms with Gasteiger partial charge >= 0.3 is 0 Å². The molecule has 0 aromatic heterocycles. The van der Waals surface area contributed by atoms with E-state index in [4.69, 9.17) is 0 Å². The third kappa shape index (κ3) is 2.46. The number of aliphatic hydroxyl groups is 1. The largest absolute Gasteiger partial charge is 0.371 e. The van der Waals surface area contributed by atoms with Gasteiger partial charge < -0.3 is 5.11 Å². The van der Waals surface area contributed by atoms with Gasteiger partial charge in [-0.3, -0.25) is 5.32 Å².